The van der Waals surface area contributed by atoms with E-state index < -0.39 is 23.1 Å². The lowest BCUT2D eigenvalue weighted by atomic mass is 9.94. The zero-order valence-electron chi connectivity index (χ0n) is 11.3. The molecule has 0 atom stereocenters. The van der Waals surface area contributed by atoms with Gasteiger partial charge in [0.15, 0.2) is 0 Å². The Bertz CT molecular complexity index is 496. The maximum Gasteiger partial charge on any atom is 0.238 e. The van der Waals surface area contributed by atoms with Crippen molar-refractivity contribution in [2.45, 2.75) is 25.4 Å². The number of rotatable bonds is 3. The van der Waals surface area contributed by atoms with Gasteiger partial charge in [-0.1, -0.05) is 0 Å². The molecule has 1 aromatic carbocycles. The molecule has 0 bridgehead atoms. The Morgan fingerprint density at radius 1 is 1.40 bits per heavy atom. The van der Waals surface area contributed by atoms with Gasteiger partial charge < -0.3 is 10.4 Å². The van der Waals surface area contributed by atoms with E-state index in [4.69, 9.17) is 0 Å². The third kappa shape index (κ3) is 3.98. The summed E-state index contributed by atoms with van der Waals surface area (Å²) in [6.07, 6.45) is 1.18. The highest BCUT2D eigenvalue weighted by Gasteiger charge is 2.28. The highest BCUT2D eigenvalue weighted by molar-refractivity contribution is 5.92. The Hall–Kier alpha value is -1.53. The number of carbonyl (C=O) groups excluding carboxylic acids is 1. The summed E-state index contributed by atoms with van der Waals surface area (Å²) < 4.78 is 26.4. The molecular weight excluding hydrogens is 266 g/mol. The van der Waals surface area contributed by atoms with Gasteiger partial charge in [-0.2, -0.15) is 0 Å². The fourth-order valence-electron chi connectivity index (χ4n) is 2.18. The predicted octanol–water partition coefficient (Wildman–Crippen LogP) is 1.75. The maximum atomic E-state index is 13.4. The van der Waals surface area contributed by atoms with E-state index in [2.05, 4.69) is 5.32 Å². The molecule has 0 saturated carbocycles. The summed E-state index contributed by atoms with van der Waals surface area (Å²) in [7, 11) is 0. The number of hydrogen-bond donors (Lipinski definition) is 2. The number of benzene rings is 1. The van der Waals surface area contributed by atoms with Gasteiger partial charge in [-0.15, -0.1) is 0 Å². The van der Waals surface area contributed by atoms with Crippen molar-refractivity contribution in [1.82, 2.24) is 4.90 Å². The number of halogens is 2. The van der Waals surface area contributed by atoms with Gasteiger partial charge >= 0.3 is 0 Å². The number of amides is 1. The molecule has 1 fully saturated rings. The number of carbonyl (C=O) groups is 1. The fraction of sp³-hybridized carbons (Fsp3) is 0.500. The van der Waals surface area contributed by atoms with Crippen molar-refractivity contribution in [3.63, 3.8) is 0 Å². The standard InChI is InChI=1S/C14H18F2N2O2/c1-14(20)4-6-18(7-5-14)9-13(19)17-12-8-10(15)2-3-11(12)16/h2-3,8,20H,4-7,9H2,1H3,(H,17,19). The van der Waals surface area contributed by atoms with Crippen LogP contribution >= 0.6 is 0 Å². The molecule has 2 rings (SSSR count). The normalized spacial score (nSPS) is 18.8. The molecule has 0 aromatic heterocycles. The van der Waals surface area contributed by atoms with Crippen molar-refractivity contribution < 1.29 is 18.7 Å². The zero-order chi connectivity index (χ0) is 14.8. The lowest BCUT2D eigenvalue weighted by molar-refractivity contribution is -0.118. The number of hydrogen-bond acceptors (Lipinski definition) is 3. The molecule has 0 radical (unpaired) electrons. The topological polar surface area (TPSA) is 52.6 Å². The summed E-state index contributed by atoms with van der Waals surface area (Å²) in [5.74, 6) is -1.66. The van der Waals surface area contributed by atoms with Gasteiger partial charge in [0.2, 0.25) is 5.91 Å². The first-order valence-corrected chi connectivity index (χ1v) is 6.55. The first-order valence-electron chi connectivity index (χ1n) is 6.55. The molecule has 1 aromatic rings. The highest BCUT2D eigenvalue weighted by atomic mass is 19.1. The van der Waals surface area contributed by atoms with Crippen molar-refractivity contribution in [1.29, 1.82) is 0 Å². The number of likely N-dealkylation sites (tertiary alicyclic amines) is 1. The lowest BCUT2D eigenvalue weighted by Crippen LogP contribution is -2.45. The third-order valence-electron chi connectivity index (χ3n) is 3.50. The van der Waals surface area contributed by atoms with Crippen LogP contribution in [0.2, 0.25) is 0 Å². The summed E-state index contributed by atoms with van der Waals surface area (Å²) in [5, 5.41) is 12.2. The Balaban J connectivity index is 1.88. The molecular formula is C14H18F2N2O2. The Labute approximate surface area is 116 Å². The van der Waals surface area contributed by atoms with Crippen molar-refractivity contribution in [3.05, 3.63) is 29.8 Å². The first-order chi connectivity index (χ1) is 9.35. The van der Waals surface area contributed by atoms with Crippen molar-refractivity contribution in [3.8, 4) is 0 Å². The average molecular weight is 284 g/mol. The van der Waals surface area contributed by atoms with Crippen LogP contribution < -0.4 is 5.32 Å². The molecule has 0 spiro atoms. The van der Waals surface area contributed by atoms with Crippen LogP contribution in [0.5, 0.6) is 0 Å². The molecule has 0 aliphatic carbocycles. The number of anilines is 1. The van der Waals surface area contributed by atoms with E-state index in [-0.39, 0.29) is 12.2 Å². The van der Waals surface area contributed by atoms with Crippen LogP contribution in [0.3, 0.4) is 0 Å². The SMILES string of the molecule is CC1(O)CCN(CC(=O)Nc2cc(F)ccc2F)CC1. The molecule has 1 aliphatic heterocycles. The second-order valence-electron chi connectivity index (χ2n) is 5.45. The molecule has 4 nitrogen and oxygen atoms in total. The summed E-state index contributed by atoms with van der Waals surface area (Å²) in [6.45, 7) is 3.08. The zero-order valence-corrected chi connectivity index (χ0v) is 11.3. The monoisotopic (exact) mass is 284 g/mol. The molecule has 1 saturated heterocycles. The van der Waals surface area contributed by atoms with Crippen LogP contribution in [0.25, 0.3) is 0 Å². The second kappa shape index (κ2) is 5.85. The molecule has 20 heavy (non-hydrogen) atoms. The number of aliphatic hydroxyl groups is 1. The summed E-state index contributed by atoms with van der Waals surface area (Å²) in [4.78, 5) is 13.7. The van der Waals surface area contributed by atoms with Gasteiger partial charge in [-0.3, -0.25) is 9.69 Å². The molecule has 1 heterocycles. The summed E-state index contributed by atoms with van der Waals surface area (Å²) in [5.41, 5.74) is -0.833. The van der Waals surface area contributed by atoms with Crippen LogP contribution in [-0.2, 0) is 4.79 Å². The largest absolute Gasteiger partial charge is 0.390 e. The van der Waals surface area contributed by atoms with E-state index in [0.717, 1.165) is 18.2 Å². The molecule has 6 heteroatoms. The quantitative estimate of drug-likeness (QED) is 0.889. The van der Waals surface area contributed by atoms with Crippen molar-refractivity contribution in [2.24, 2.45) is 0 Å². The summed E-state index contributed by atoms with van der Waals surface area (Å²) in [6, 6.07) is 2.93. The van der Waals surface area contributed by atoms with Gasteiger partial charge in [0.1, 0.15) is 11.6 Å². The van der Waals surface area contributed by atoms with Gasteiger partial charge in [-0.25, -0.2) is 8.78 Å². The first kappa shape index (κ1) is 14.9. The average Bonchev–Trinajstić information content (AvgIpc) is 2.36. The minimum absolute atomic E-state index is 0.103. The van der Waals surface area contributed by atoms with Crippen molar-refractivity contribution >= 4 is 11.6 Å². The number of piperidine rings is 1. The van der Waals surface area contributed by atoms with E-state index in [0.29, 0.717) is 25.9 Å². The molecule has 2 N–H and O–H groups in total. The maximum absolute atomic E-state index is 13.4. The fourth-order valence-corrected chi connectivity index (χ4v) is 2.18. The van der Waals surface area contributed by atoms with Crippen LogP contribution in [0.15, 0.2) is 18.2 Å². The minimum atomic E-state index is -0.679. The van der Waals surface area contributed by atoms with Gasteiger partial charge in [0.05, 0.1) is 17.8 Å². The number of nitrogens with one attached hydrogen (secondary N) is 1. The molecule has 110 valence electrons. The molecule has 1 aliphatic rings. The van der Waals surface area contributed by atoms with E-state index >= 15 is 0 Å². The summed E-state index contributed by atoms with van der Waals surface area (Å²) >= 11 is 0. The van der Waals surface area contributed by atoms with Crippen molar-refractivity contribution in [2.75, 3.05) is 25.0 Å². The van der Waals surface area contributed by atoms with Crippen LogP contribution in [-0.4, -0.2) is 41.1 Å². The van der Waals surface area contributed by atoms with Gasteiger partial charge in [-0.05, 0) is 31.9 Å². The lowest BCUT2D eigenvalue weighted by Gasteiger charge is -2.35. The van der Waals surface area contributed by atoms with Gasteiger partial charge in [0, 0.05) is 19.2 Å². The minimum Gasteiger partial charge on any atom is -0.390 e. The smallest absolute Gasteiger partial charge is 0.238 e. The molecule has 1 amide bonds. The van der Waals surface area contributed by atoms with E-state index in [1.54, 1.807) is 6.92 Å². The Morgan fingerprint density at radius 2 is 2.05 bits per heavy atom. The predicted molar refractivity (Wildman–Crippen MR) is 71.3 cm³/mol. The van der Waals surface area contributed by atoms with Crippen LogP contribution in [0, 0.1) is 11.6 Å². The third-order valence-corrected chi connectivity index (χ3v) is 3.50. The van der Waals surface area contributed by atoms with E-state index in [1.165, 1.54) is 0 Å². The Morgan fingerprint density at radius 3 is 2.70 bits per heavy atom. The number of nitrogens with zero attached hydrogens (tertiary/aromatic N) is 1. The second-order valence-corrected chi connectivity index (χ2v) is 5.45. The Kier molecular flexibility index (Phi) is 4.35. The van der Waals surface area contributed by atoms with Gasteiger partial charge in [0.25, 0.3) is 0 Å². The highest BCUT2D eigenvalue weighted by Crippen LogP contribution is 2.21. The van der Waals surface area contributed by atoms with E-state index in [9.17, 15) is 18.7 Å². The van der Waals surface area contributed by atoms with E-state index in [1.807, 2.05) is 4.90 Å². The van der Waals surface area contributed by atoms with Crippen LogP contribution in [0.4, 0.5) is 14.5 Å². The van der Waals surface area contributed by atoms with Crippen LogP contribution in [0.1, 0.15) is 19.8 Å². The molecule has 0 unspecified atom stereocenters.